The monoisotopic (exact) mass is 361 g/mol. The zero-order chi connectivity index (χ0) is 19.1. The van der Waals surface area contributed by atoms with Gasteiger partial charge in [0.05, 0.1) is 17.4 Å². The van der Waals surface area contributed by atoms with Gasteiger partial charge in [-0.2, -0.15) is 0 Å². The van der Waals surface area contributed by atoms with Crippen molar-refractivity contribution in [2.24, 2.45) is 0 Å². The molecule has 0 aliphatic heterocycles. The fourth-order valence-electron chi connectivity index (χ4n) is 2.67. The van der Waals surface area contributed by atoms with Crippen molar-refractivity contribution < 1.29 is 4.79 Å². The number of nitrogens with one attached hydrogen (secondary N) is 3. The van der Waals surface area contributed by atoms with Gasteiger partial charge in [0.25, 0.3) is 0 Å². The highest BCUT2D eigenvalue weighted by Crippen LogP contribution is 2.28. The summed E-state index contributed by atoms with van der Waals surface area (Å²) in [4.78, 5) is 26.9. The maximum Gasteiger partial charge on any atom is 0.248 e. The van der Waals surface area contributed by atoms with Gasteiger partial charge in [-0.3, -0.25) is 14.0 Å². The number of anilines is 2. The van der Waals surface area contributed by atoms with Crippen molar-refractivity contribution >= 4 is 23.4 Å². The molecule has 0 fully saturated rings. The number of aromatic nitrogens is 3. The number of benzene rings is 1. The van der Waals surface area contributed by atoms with Gasteiger partial charge < -0.3 is 15.6 Å². The van der Waals surface area contributed by atoms with E-state index in [4.69, 9.17) is 0 Å². The normalized spacial score (nSPS) is 9.96. The molecule has 4 aromatic rings. The smallest absolute Gasteiger partial charge is 0.248 e. The molecule has 1 amide bonds. The van der Waals surface area contributed by atoms with Crippen molar-refractivity contribution in [1.29, 1.82) is 0 Å². The van der Waals surface area contributed by atoms with Crippen LogP contribution in [0.25, 0.3) is 16.6 Å². The van der Waals surface area contributed by atoms with E-state index in [0.29, 0.717) is 12.1 Å². The Bertz CT molecular complexity index is 1070. The SMILES string of the molecule is CNc1c(-c2ccccc2)ccc2cncn12.O=CNc1ccc(=O)[nH]c1. The molecular weight excluding hydrogens is 342 g/mol. The van der Waals surface area contributed by atoms with E-state index in [1.807, 2.05) is 37.8 Å². The van der Waals surface area contributed by atoms with Crippen LogP contribution < -0.4 is 16.2 Å². The molecule has 7 nitrogen and oxygen atoms in total. The number of hydrogen-bond acceptors (Lipinski definition) is 4. The molecule has 0 atom stereocenters. The highest BCUT2D eigenvalue weighted by Gasteiger charge is 2.07. The number of hydrogen-bond donors (Lipinski definition) is 3. The molecule has 0 radical (unpaired) electrons. The number of fused-ring (bicyclic) bond motifs is 1. The molecule has 0 saturated heterocycles. The predicted molar refractivity (Wildman–Crippen MR) is 107 cm³/mol. The second kappa shape index (κ2) is 8.48. The highest BCUT2D eigenvalue weighted by atomic mass is 16.1. The molecule has 3 heterocycles. The number of carbonyl (C=O) groups excluding carboxylic acids is 1. The van der Waals surface area contributed by atoms with Gasteiger partial charge in [-0.15, -0.1) is 0 Å². The first-order valence-corrected chi connectivity index (χ1v) is 8.30. The summed E-state index contributed by atoms with van der Waals surface area (Å²) in [6, 6.07) is 17.4. The van der Waals surface area contributed by atoms with Crippen LogP contribution >= 0.6 is 0 Å². The van der Waals surface area contributed by atoms with Crippen molar-refractivity contribution in [3.8, 4) is 11.1 Å². The van der Waals surface area contributed by atoms with Gasteiger partial charge in [0, 0.05) is 24.9 Å². The molecular formula is C20H19N5O2. The Morgan fingerprint density at radius 2 is 1.89 bits per heavy atom. The van der Waals surface area contributed by atoms with Crippen LogP contribution in [-0.4, -0.2) is 27.8 Å². The highest BCUT2D eigenvalue weighted by molar-refractivity contribution is 5.78. The van der Waals surface area contributed by atoms with E-state index in [1.54, 1.807) is 0 Å². The predicted octanol–water partition coefficient (Wildman–Crippen LogP) is 2.99. The van der Waals surface area contributed by atoms with E-state index in [2.05, 4.69) is 49.3 Å². The second-order valence-corrected chi connectivity index (χ2v) is 5.60. The Labute approximate surface area is 155 Å². The van der Waals surface area contributed by atoms with Crippen LogP contribution in [0.5, 0.6) is 0 Å². The Morgan fingerprint density at radius 3 is 2.56 bits per heavy atom. The molecule has 27 heavy (non-hydrogen) atoms. The molecule has 0 aliphatic carbocycles. The number of carbonyl (C=O) groups is 1. The van der Waals surface area contributed by atoms with Crippen LogP contribution in [0.15, 0.2) is 78.1 Å². The number of H-pyrrole nitrogens is 1. The van der Waals surface area contributed by atoms with Gasteiger partial charge in [-0.05, 0) is 23.8 Å². The number of nitrogens with zero attached hydrogens (tertiary/aromatic N) is 2. The third-order valence-corrected chi connectivity index (χ3v) is 3.92. The molecule has 0 aliphatic rings. The number of pyridine rings is 2. The summed E-state index contributed by atoms with van der Waals surface area (Å²) in [6.07, 6.45) is 5.66. The van der Waals surface area contributed by atoms with Crippen molar-refractivity contribution in [3.05, 3.63) is 83.7 Å². The summed E-state index contributed by atoms with van der Waals surface area (Å²) in [7, 11) is 1.93. The van der Waals surface area contributed by atoms with E-state index in [9.17, 15) is 9.59 Å². The Hall–Kier alpha value is -3.87. The third-order valence-electron chi connectivity index (χ3n) is 3.92. The molecule has 0 saturated carbocycles. The molecule has 0 unspecified atom stereocenters. The van der Waals surface area contributed by atoms with Crippen LogP contribution in [0.1, 0.15) is 0 Å². The van der Waals surface area contributed by atoms with Gasteiger partial charge in [-0.25, -0.2) is 4.98 Å². The van der Waals surface area contributed by atoms with Gasteiger partial charge in [0.2, 0.25) is 12.0 Å². The molecule has 7 heteroatoms. The van der Waals surface area contributed by atoms with Crippen molar-refractivity contribution in [1.82, 2.24) is 14.4 Å². The van der Waals surface area contributed by atoms with Crippen LogP contribution in [-0.2, 0) is 4.79 Å². The summed E-state index contributed by atoms with van der Waals surface area (Å²) in [5.74, 6) is 1.06. The number of aromatic amines is 1. The maximum absolute atomic E-state index is 10.5. The third kappa shape index (κ3) is 4.21. The van der Waals surface area contributed by atoms with Crippen LogP contribution in [0, 0.1) is 0 Å². The standard InChI is InChI=1S/C14H13N3.C6H6N2O2/c1-15-14-13(11-5-3-2-4-6-11)8-7-12-9-16-10-17(12)14;9-4-8-5-1-2-6(10)7-3-5/h2-10,15H,1H3;1-4H,(H,7,10)(H,8,9). The van der Waals surface area contributed by atoms with Crippen molar-refractivity contribution in [3.63, 3.8) is 0 Å². The summed E-state index contributed by atoms with van der Waals surface area (Å²) in [5.41, 5.74) is 3.87. The zero-order valence-electron chi connectivity index (χ0n) is 14.7. The van der Waals surface area contributed by atoms with E-state index in [1.165, 1.54) is 29.5 Å². The Balaban J connectivity index is 0.000000180. The fourth-order valence-corrected chi connectivity index (χ4v) is 2.67. The summed E-state index contributed by atoms with van der Waals surface area (Å²) >= 11 is 0. The number of rotatable bonds is 4. The first-order chi connectivity index (χ1) is 13.2. The second-order valence-electron chi connectivity index (χ2n) is 5.60. The van der Waals surface area contributed by atoms with Crippen LogP contribution in [0.4, 0.5) is 11.5 Å². The molecule has 1 aromatic carbocycles. The lowest BCUT2D eigenvalue weighted by atomic mass is 10.1. The summed E-state index contributed by atoms with van der Waals surface area (Å²) < 4.78 is 2.06. The number of amides is 1. The minimum absolute atomic E-state index is 0.184. The minimum atomic E-state index is -0.184. The molecule has 0 bridgehead atoms. The first kappa shape index (κ1) is 17.9. The van der Waals surface area contributed by atoms with Gasteiger partial charge in [-0.1, -0.05) is 30.3 Å². The zero-order valence-corrected chi connectivity index (χ0v) is 14.7. The summed E-state index contributed by atoms with van der Waals surface area (Å²) in [5, 5.41) is 5.63. The number of imidazole rings is 1. The molecule has 4 rings (SSSR count). The van der Waals surface area contributed by atoms with E-state index in [0.717, 1.165) is 11.3 Å². The van der Waals surface area contributed by atoms with Crippen molar-refractivity contribution in [2.45, 2.75) is 0 Å². The van der Waals surface area contributed by atoms with E-state index in [-0.39, 0.29) is 5.56 Å². The first-order valence-electron chi connectivity index (χ1n) is 8.30. The van der Waals surface area contributed by atoms with E-state index < -0.39 is 0 Å². The average molecular weight is 361 g/mol. The largest absolute Gasteiger partial charge is 0.374 e. The van der Waals surface area contributed by atoms with Gasteiger partial charge in [0.15, 0.2) is 0 Å². The Morgan fingerprint density at radius 1 is 1.07 bits per heavy atom. The lowest BCUT2D eigenvalue weighted by molar-refractivity contribution is -0.105. The van der Waals surface area contributed by atoms with Gasteiger partial charge >= 0.3 is 0 Å². The molecule has 0 spiro atoms. The molecule has 136 valence electrons. The summed E-state index contributed by atoms with van der Waals surface area (Å²) in [6.45, 7) is 0. The Kier molecular flexibility index (Phi) is 5.64. The molecule has 3 aromatic heterocycles. The van der Waals surface area contributed by atoms with Crippen molar-refractivity contribution in [2.75, 3.05) is 17.7 Å². The van der Waals surface area contributed by atoms with Gasteiger partial charge in [0.1, 0.15) is 12.1 Å². The van der Waals surface area contributed by atoms with E-state index >= 15 is 0 Å². The topological polar surface area (TPSA) is 91.3 Å². The average Bonchev–Trinajstić information content (AvgIpc) is 3.19. The maximum atomic E-state index is 10.5. The van der Waals surface area contributed by atoms with Crippen LogP contribution in [0.2, 0.25) is 0 Å². The lowest BCUT2D eigenvalue weighted by Crippen LogP contribution is -2.03. The minimum Gasteiger partial charge on any atom is -0.374 e. The lowest BCUT2D eigenvalue weighted by Gasteiger charge is -2.11. The van der Waals surface area contributed by atoms with Crippen LogP contribution in [0.3, 0.4) is 0 Å². The fraction of sp³-hybridized carbons (Fsp3) is 0.0500. The molecule has 3 N–H and O–H groups in total. The quantitative estimate of drug-likeness (QED) is 0.487.